The summed E-state index contributed by atoms with van der Waals surface area (Å²) in [6, 6.07) is 10.6. The molecule has 19 heavy (non-hydrogen) atoms. The van der Waals surface area contributed by atoms with E-state index in [0.717, 1.165) is 30.3 Å². The van der Waals surface area contributed by atoms with E-state index in [1.165, 1.54) is 18.4 Å². The number of rotatable bonds is 6. The molecule has 0 saturated heterocycles. The second kappa shape index (κ2) is 8.99. The zero-order valence-electron chi connectivity index (χ0n) is 10.9. The van der Waals surface area contributed by atoms with Crippen LogP contribution in [0.3, 0.4) is 0 Å². The number of nitrogens with zero attached hydrogens (tertiary/aromatic N) is 2. The first kappa shape index (κ1) is 16.1. The summed E-state index contributed by atoms with van der Waals surface area (Å²) in [4.78, 5) is 8.59. The van der Waals surface area contributed by atoms with Gasteiger partial charge in [-0.1, -0.05) is 48.5 Å². The number of aliphatic imine (C=N–C) groups is 2. The lowest BCUT2D eigenvalue weighted by Crippen LogP contribution is -2.09. The smallest absolute Gasteiger partial charge is 0.185 e. The van der Waals surface area contributed by atoms with Gasteiger partial charge in [-0.2, -0.15) is 0 Å². The number of halogens is 1. The Kier molecular flexibility index (Phi) is 7.60. The van der Waals surface area contributed by atoms with E-state index in [2.05, 4.69) is 40.3 Å². The molecule has 0 saturated carbocycles. The van der Waals surface area contributed by atoms with Crippen LogP contribution in [0.2, 0.25) is 0 Å². The molecular weight excluding hydrogens is 278 g/mol. The van der Waals surface area contributed by atoms with Crippen LogP contribution >= 0.6 is 24.2 Å². The van der Waals surface area contributed by atoms with E-state index in [9.17, 15) is 0 Å². The molecule has 0 aromatic heterocycles. The first-order valence-corrected chi connectivity index (χ1v) is 7.37. The third-order valence-electron chi connectivity index (χ3n) is 2.80. The van der Waals surface area contributed by atoms with Gasteiger partial charge in [0, 0.05) is 6.54 Å². The summed E-state index contributed by atoms with van der Waals surface area (Å²) in [5.41, 5.74) is 7.01. The molecule has 1 aliphatic heterocycles. The maximum atomic E-state index is 5.59. The Morgan fingerprint density at radius 3 is 2.63 bits per heavy atom. The van der Waals surface area contributed by atoms with E-state index in [-0.39, 0.29) is 12.4 Å². The fourth-order valence-electron chi connectivity index (χ4n) is 1.84. The predicted molar refractivity (Wildman–Crippen MR) is 87.6 cm³/mol. The summed E-state index contributed by atoms with van der Waals surface area (Å²) in [5.74, 6) is 1.50. The van der Waals surface area contributed by atoms with Crippen LogP contribution in [0.1, 0.15) is 24.8 Å². The maximum absolute atomic E-state index is 5.59. The van der Waals surface area contributed by atoms with Gasteiger partial charge in [-0.05, 0) is 24.8 Å². The van der Waals surface area contributed by atoms with Gasteiger partial charge in [0.05, 0.1) is 5.75 Å². The Hall–Kier alpha value is -1.00. The Labute approximate surface area is 125 Å². The molecule has 3 nitrogen and oxygen atoms in total. The minimum atomic E-state index is 0. The van der Waals surface area contributed by atoms with E-state index in [4.69, 9.17) is 5.73 Å². The van der Waals surface area contributed by atoms with E-state index < -0.39 is 0 Å². The van der Waals surface area contributed by atoms with Gasteiger partial charge >= 0.3 is 0 Å². The highest BCUT2D eigenvalue weighted by molar-refractivity contribution is 8.14. The van der Waals surface area contributed by atoms with Crippen LogP contribution in [0.25, 0.3) is 0 Å². The second-order valence-corrected chi connectivity index (χ2v) is 5.29. The quantitative estimate of drug-likeness (QED) is 0.819. The van der Waals surface area contributed by atoms with Gasteiger partial charge in [0.2, 0.25) is 0 Å². The van der Waals surface area contributed by atoms with Crippen molar-refractivity contribution >= 4 is 35.2 Å². The zero-order chi connectivity index (χ0) is 12.6. The van der Waals surface area contributed by atoms with Gasteiger partial charge in [0.1, 0.15) is 5.84 Å². The molecule has 0 unspecified atom stereocenters. The molecular formula is C14H20ClN3S. The lowest BCUT2D eigenvalue weighted by Gasteiger charge is -2.00. The first-order chi connectivity index (χ1) is 8.84. The van der Waals surface area contributed by atoms with Crippen LogP contribution in [0.4, 0.5) is 0 Å². The van der Waals surface area contributed by atoms with Crippen molar-refractivity contribution in [3.05, 3.63) is 35.9 Å². The highest BCUT2D eigenvalue weighted by atomic mass is 35.5. The number of thioether (sulfide) groups is 1. The minimum Gasteiger partial charge on any atom is -0.386 e. The third kappa shape index (κ3) is 6.12. The number of hydrogen-bond acceptors (Lipinski definition) is 3. The van der Waals surface area contributed by atoms with Crippen LogP contribution in [0.15, 0.2) is 40.3 Å². The maximum Gasteiger partial charge on any atom is 0.185 e. The molecule has 0 fully saturated rings. The number of amidine groups is 2. The monoisotopic (exact) mass is 297 g/mol. The van der Waals surface area contributed by atoms with Crippen molar-refractivity contribution in [3.8, 4) is 0 Å². The fourth-order valence-corrected chi connectivity index (χ4v) is 2.55. The van der Waals surface area contributed by atoms with Crippen LogP contribution in [-0.2, 0) is 6.42 Å². The number of nitrogens with two attached hydrogens (primary N) is 1. The molecule has 0 bridgehead atoms. The molecule has 1 aliphatic rings. The summed E-state index contributed by atoms with van der Waals surface area (Å²) in [5, 5.41) is 0.857. The van der Waals surface area contributed by atoms with E-state index in [1.54, 1.807) is 11.8 Å². The number of aryl methyl sites for hydroxylation is 1. The van der Waals surface area contributed by atoms with Crippen molar-refractivity contribution < 1.29 is 0 Å². The zero-order valence-corrected chi connectivity index (χ0v) is 12.6. The lowest BCUT2D eigenvalue weighted by atomic mass is 10.1. The van der Waals surface area contributed by atoms with E-state index in [1.807, 2.05) is 0 Å². The average Bonchev–Trinajstić information content (AvgIpc) is 2.81. The highest BCUT2D eigenvalue weighted by Gasteiger charge is 2.08. The SMILES string of the molecule is Cl.NC1=NC(=NCCCCCc2ccccc2)SC1. The molecule has 0 radical (unpaired) electrons. The Morgan fingerprint density at radius 2 is 1.95 bits per heavy atom. The van der Waals surface area contributed by atoms with Gasteiger partial charge in [-0.3, -0.25) is 4.99 Å². The summed E-state index contributed by atoms with van der Waals surface area (Å²) >= 11 is 1.63. The van der Waals surface area contributed by atoms with Crippen molar-refractivity contribution in [2.45, 2.75) is 25.7 Å². The average molecular weight is 298 g/mol. The lowest BCUT2D eigenvalue weighted by molar-refractivity contribution is 0.687. The van der Waals surface area contributed by atoms with Gasteiger partial charge in [0.25, 0.3) is 0 Å². The second-order valence-electron chi connectivity index (χ2n) is 4.35. The van der Waals surface area contributed by atoms with Crippen molar-refractivity contribution in [2.75, 3.05) is 12.3 Å². The van der Waals surface area contributed by atoms with E-state index >= 15 is 0 Å². The molecule has 0 atom stereocenters. The van der Waals surface area contributed by atoms with Crippen molar-refractivity contribution in [3.63, 3.8) is 0 Å². The van der Waals surface area contributed by atoms with Crippen LogP contribution in [-0.4, -0.2) is 23.3 Å². The van der Waals surface area contributed by atoms with Crippen LogP contribution in [0.5, 0.6) is 0 Å². The summed E-state index contributed by atoms with van der Waals surface area (Å²) in [6.45, 7) is 0.869. The van der Waals surface area contributed by atoms with E-state index in [0.29, 0.717) is 5.84 Å². The predicted octanol–water partition coefficient (Wildman–Crippen LogP) is 3.28. The minimum absolute atomic E-state index is 0. The molecule has 0 spiro atoms. The van der Waals surface area contributed by atoms with Crippen molar-refractivity contribution in [2.24, 2.45) is 15.7 Å². The normalized spacial score (nSPS) is 16.2. The molecule has 1 aromatic rings. The fraction of sp³-hybridized carbons (Fsp3) is 0.429. The topological polar surface area (TPSA) is 50.7 Å². The van der Waals surface area contributed by atoms with Crippen LogP contribution in [0, 0.1) is 0 Å². The van der Waals surface area contributed by atoms with Crippen LogP contribution < -0.4 is 5.73 Å². The standard InChI is InChI=1S/C14H19N3S.ClH/c15-13-11-18-14(17-13)16-10-6-2-5-9-12-7-3-1-4-8-12;/h1,3-4,7-8H,2,5-6,9-11H2,(H2,15,16,17);1H. The molecule has 1 aromatic carbocycles. The summed E-state index contributed by atoms with van der Waals surface area (Å²) < 4.78 is 0. The molecule has 5 heteroatoms. The van der Waals surface area contributed by atoms with Crippen molar-refractivity contribution in [1.29, 1.82) is 0 Å². The Morgan fingerprint density at radius 1 is 1.16 bits per heavy atom. The molecule has 1 heterocycles. The molecule has 104 valence electrons. The molecule has 0 aliphatic carbocycles. The highest BCUT2D eigenvalue weighted by Crippen LogP contribution is 2.13. The summed E-state index contributed by atoms with van der Waals surface area (Å²) in [7, 11) is 0. The molecule has 2 N–H and O–H groups in total. The Bertz CT molecular complexity index is 432. The van der Waals surface area contributed by atoms with Gasteiger partial charge in [-0.15, -0.1) is 12.4 Å². The number of unbranched alkanes of at least 4 members (excludes halogenated alkanes) is 2. The largest absolute Gasteiger partial charge is 0.386 e. The van der Waals surface area contributed by atoms with Crippen molar-refractivity contribution in [1.82, 2.24) is 0 Å². The summed E-state index contributed by atoms with van der Waals surface area (Å²) in [6.07, 6.45) is 4.74. The van der Waals surface area contributed by atoms with Gasteiger partial charge in [-0.25, -0.2) is 4.99 Å². The van der Waals surface area contributed by atoms with Gasteiger partial charge in [0.15, 0.2) is 5.17 Å². The number of hydrogen-bond donors (Lipinski definition) is 1. The molecule has 2 rings (SSSR count). The first-order valence-electron chi connectivity index (χ1n) is 6.39. The Balaban J connectivity index is 0.00000180. The third-order valence-corrected chi connectivity index (χ3v) is 3.72. The van der Waals surface area contributed by atoms with Gasteiger partial charge < -0.3 is 5.73 Å². The molecule has 0 amide bonds. The number of benzene rings is 1.